The quantitative estimate of drug-likeness (QED) is 0.133. The summed E-state index contributed by atoms with van der Waals surface area (Å²) in [6, 6.07) is 13.1. The third-order valence-corrected chi connectivity index (χ3v) is 70.6. The predicted octanol–water partition coefficient (Wildman–Crippen LogP) is 15.5. The van der Waals surface area contributed by atoms with Crippen LogP contribution in [-0.2, 0) is 41.8 Å². The maximum absolute atomic E-state index is 13.9. The van der Waals surface area contributed by atoms with Crippen molar-refractivity contribution in [3.05, 3.63) is 129 Å². The van der Waals surface area contributed by atoms with Crippen molar-refractivity contribution in [1.82, 2.24) is 0 Å². The van der Waals surface area contributed by atoms with E-state index in [0.717, 1.165) is 35.4 Å². The topological polar surface area (TPSA) is 0 Å². The summed E-state index contributed by atoms with van der Waals surface area (Å²) in [5, 5.41) is 0. The van der Waals surface area contributed by atoms with Crippen LogP contribution < -0.4 is 0 Å². The Bertz CT molecular complexity index is 2120. The fourth-order valence-electron chi connectivity index (χ4n) is 9.99. The summed E-state index contributed by atoms with van der Waals surface area (Å²) in [7, 11) is 0. The van der Waals surface area contributed by atoms with Crippen molar-refractivity contribution in [3.63, 3.8) is 0 Å². The first kappa shape index (κ1) is 42.2. The maximum atomic E-state index is 13.9. The van der Waals surface area contributed by atoms with E-state index in [1.54, 1.807) is 24.3 Å². The zero-order valence-electron chi connectivity index (χ0n) is 31.1. The monoisotopic (exact) mass is 978 g/mol. The number of benzene rings is 4. The number of allylic oxidation sites excluding steroid dienone is 2. The second-order valence-corrected chi connectivity index (χ2v) is 61.8. The molecule has 298 valence electrons. The van der Waals surface area contributed by atoms with Crippen LogP contribution in [0.1, 0.15) is 79.6 Å². The second kappa shape index (κ2) is 13.9. The van der Waals surface area contributed by atoms with Gasteiger partial charge in [0.2, 0.25) is 0 Å². The molecule has 2 aliphatic rings. The number of rotatable bonds is 6. The first-order valence-corrected chi connectivity index (χ1v) is 36.3. The summed E-state index contributed by atoms with van der Waals surface area (Å²) in [5.41, 5.74) is -4.13. The summed E-state index contributed by atoms with van der Waals surface area (Å²) >= 11 is -4.85. The molecule has 0 heterocycles. The molecule has 0 aliphatic heterocycles. The molecule has 14 heteroatoms. The van der Waals surface area contributed by atoms with Gasteiger partial charge in [-0.15, -0.1) is 0 Å². The predicted molar refractivity (Wildman–Crippen MR) is 195 cm³/mol. The van der Waals surface area contributed by atoms with E-state index in [9.17, 15) is 52.7 Å². The van der Waals surface area contributed by atoms with Gasteiger partial charge in [-0.3, -0.25) is 0 Å². The van der Waals surface area contributed by atoms with Crippen LogP contribution >= 0.6 is 0 Å². The van der Waals surface area contributed by atoms with Crippen LogP contribution in [-0.4, -0.2) is 5.49 Å². The minimum atomic E-state index is -5.04. The number of hydrogen-bond donors (Lipinski definition) is 0. The molecule has 0 fully saturated rings. The van der Waals surface area contributed by atoms with Crippen LogP contribution in [0.2, 0.25) is 20.4 Å². The van der Waals surface area contributed by atoms with Crippen LogP contribution in [0.25, 0.3) is 34.4 Å². The molecule has 0 nitrogen and oxygen atoms in total. The average molecular weight is 977 g/mol. The van der Waals surface area contributed by atoms with Gasteiger partial charge in [0, 0.05) is 0 Å². The van der Waals surface area contributed by atoms with Crippen LogP contribution in [0, 0.1) is 0 Å². The normalized spacial score (nSPS) is 17.6. The molecule has 0 amide bonds. The van der Waals surface area contributed by atoms with Crippen molar-refractivity contribution in [2.24, 2.45) is 0 Å². The van der Waals surface area contributed by atoms with Crippen molar-refractivity contribution >= 4 is 17.6 Å². The van der Waals surface area contributed by atoms with Gasteiger partial charge >= 0.3 is 319 Å². The molecule has 4 aromatic carbocycles. The van der Waals surface area contributed by atoms with Gasteiger partial charge in [0.05, 0.1) is 0 Å². The van der Waals surface area contributed by atoms with E-state index in [0.29, 0.717) is 11.1 Å². The van der Waals surface area contributed by atoms with E-state index < -0.39 is 69.6 Å². The molecular formula is C42H38F12HfSi. The number of fused-ring (bicyclic) bond motifs is 2. The molecular weight excluding hydrogens is 939 g/mol. The van der Waals surface area contributed by atoms with Gasteiger partial charge in [0.25, 0.3) is 0 Å². The summed E-state index contributed by atoms with van der Waals surface area (Å²) < 4.78 is 171. The molecule has 2 aliphatic carbocycles. The van der Waals surface area contributed by atoms with Crippen molar-refractivity contribution < 1.29 is 69.8 Å². The van der Waals surface area contributed by atoms with Gasteiger partial charge in [-0.05, 0) is 0 Å². The van der Waals surface area contributed by atoms with Crippen molar-refractivity contribution in [2.75, 3.05) is 0 Å². The third kappa shape index (κ3) is 7.30. The Kier molecular flexibility index (Phi) is 10.5. The molecule has 0 bridgehead atoms. The van der Waals surface area contributed by atoms with Gasteiger partial charge < -0.3 is 0 Å². The third-order valence-electron chi connectivity index (χ3n) is 11.7. The molecule has 56 heavy (non-hydrogen) atoms. The minimum absolute atomic E-state index is 0.0990. The summed E-state index contributed by atoms with van der Waals surface area (Å²) in [5.74, 6) is 0. The Labute approximate surface area is 318 Å². The van der Waals surface area contributed by atoms with Crippen molar-refractivity contribution in [2.45, 2.75) is 80.2 Å². The zero-order valence-corrected chi connectivity index (χ0v) is 35.7. The van der Waals surface area contributed by atoms with E-state index in [2.05, 4.69) is 37.1 Å². The van der Waals surface area contributed by atoms with Crippen LogP contribution in [0.5, 0.6) is 0 Å². The second-order valence-electron chi connectivity index (χ2n) is 16.3. The van der Waals surface area contributed by atoms with Gasteiger partial charge in [0.15, 0.2) is 0 Å². The molecule has 4 aromatic rings. The van der Waals surface area contributed by atoms with Gasteiger partial charge in [0.1, 0.15) is 0 Å². The molecule has 0 radical (unpaired) electrons. The Hall–Kier alpha value is -3.39. The Balaban J connectivity index is 1.59. The van der Waals surface area contributed by atoms with E-state index in [1.807, 2.05) is 24.3 Å². The standard InChI is InChI=1S/2C17H9F6.C6H14Si.2CH3.Hf/c2*18-16(19,20)12-7-11(8-13(9-12)17(21,22)23)15-6-2-4-10-3-1-5-14(10)15;1-5(2)7-6(3)4;;;/h2*1-9H;5-6H,1-4H3;2*1H3;. The van der Waals surface area contributed by atoms with Gasteiger partial charge in [-0.1, -0.05) is 0 Å². The molecule has 0 saturated heterocycles. The van der Waals surface area contributed by atoms with Gasteiger partial charge in [-0.2, -0.15) is 0 Å². The number of alkyl halides is 12. The van der Waals surface area contributed by atoms with Crippen molar-refractivity contribution in [1.29, 1.82) is 0 Å². The van der Waals surface area contributed by atoms with E-state index in [1.165, 1.54) is 12.1 Å². The van der Waals surface area contributed by atoms with Crippen LogP contribution in [0.3, 0.4) is 0 Å². The van der Waals surface area contributed by atoms with Gasteiger partial charge in [-0.25, -0.2) is 0 Å². The summed E-state index contributed by atoms with van der Waals surface area (Å²) in [6.07, 6.45) is -12.5. The SMILES string of the molecule is CC(C)[Si](C(C)C)=[Hf]([CH3])([CH3])([CH]1C=Cc2c(-c3cc(C(F)(F)F)cc(C(F)(F)F)c3)cccc21)[CH]1C=Cc2c(-c3cc(C(F)(F)F)cc(C(F)(F)F)c3)cccc21. The fraction of sp³-hybridized carbons (Fsp3) is 0.333. The molecule has 0 N–H and O–H groups in total. The summed E-state index contributed by atoms with van der Waals surface area (Å²) in [6.45, 7) is 8.58. The zero-order chi connectivity index (χ0) is 41.6. The number of halogens is 12. The Morgan fingerprint density at radius 1 is 0.482 bits per heavy atom. The molecule has 6 rings (SSSR count). The van der Waals surface area contributed by atoms with Crippen LogP contribution in [0.4, 0.5) is 52.7 Å². The molecule has 2 atom stereocenters. The first-order valence-electron chi connectivity index (χ1n) is 17.9. The van der Waals surface area contributed by atoms with Crippen molar-refractivity contribution in [3.8, 4) is 22.3 Å². The van der Waals surface area contributed by atoms with Crippen LogP contribution in [0.15, 0.2) is 84.9 Å². The van der Waals surface area contributed by atoms with E-state index in [4.69, 9.17) is 0 Å². The van der Waals surface area contributed by atoms with E-state index in [-0.39, 0.29) is 52.8 Å². The number of hydrogen-bond acceptors (Lipinski definition) is 0. The molecule has 0 saturated carbocycles. The average Bonchev–Trinajstić information content (AvgIpc) is 3.72. The summed E-state index contributed by atoms with van der Waals surface area (Å²) in [4.78, 5) is 0. The first-order chi connectivity index (χ1) is 25.6. The molecule has 0 spiro atoms. The Morgan fingerprint density at radius 2 is 0.786 bits per heavy atom. The molecule has 2 unspecified atom stereocenters. The molecule has 0 aromatic heterocycles. The Morgan fingerprint density at radius 3 is 1.05 bits per heavy atom. The fourth-order valence-corrected chi connectivity index (χ4v) is 81.8. The van der Waals surface area contributed by atoms with E-state index >= 15 is 0 Å².